The smallest absolute Gasteiger partial charge is 0.255 e. The highest BCUT2D eigenvalue weighted by Gasteiger charge is 2.23. The fraction of sp³-hybridized carbons (Fsp3) is 0.188. The monoisotopic (exact) mass is 265 g/mol. The van der Waals surface area contributed by atoms with E-state index < -0.39 is 6.04 Å². The number of hydrogen-bond donors (Lipinski definition) is 0. The molecule has 2 aromatic rings. The lowest BCUT2D eigenvalue weighted by Gasteiger charge is -2.23. The van der Waals surface area contributed by atoms with E-state index in [4.69, 9.17) is 0 Å². The van der Waals surface area contributed by atoms with Crippen molar-refractivity contribution in [3.8, 4) is 6.07 Å². The van der Waals surface area contributed by atoms with Gasteiger partial charge in [-0.15, -0.1) is 0 Å². The summed E-state index contributed by atoms with van der Waals surface area (Å²) in [4.78, 5) is 17.9. The molecule has 0 saturated heterocycles. The van der Waals surface area contributed by atoms with E-state index in [-0.39, 0.29) is 5.91 Å². The fourth-order valence-electron chi connectivity index (χ4n) is 2.05. The second-order valence-corrected chi connectivity index (χ2v) is 4.54. The Hall–Kier alpha value is -2.67. The molecule has 4 heteroatoms. The van der Waals surface area contributed by atoms with Crippen LogP contribution in [0, 0.1) is 18.3 Å². The molecule has 0 aliphatic rings. The molecule has 0 aliphatic heterocycles. The summed E-state index contributed by atoms with van der Waals surface area (Å²) in [5, 5.41) is 9.35. The zero-order chi connectivity index (χ0) is 14.5. The number of pyridine rings is 1. The number of benzene rings is 1. The summed E-state index contributed by atoms with van der Waals surface area (Å²) < 4.78 is 0. The molecule has 20 heavy (non-hydrogen) atoms. The molecule has 0 fully saturated rings. The van der Waals surface area contributed by atoms with Crippen LogP contribution in [0.5, 0.6) is 0 Å². The van der Waals surface area contributed by atoms with Crippen molar-refractivity contribution in [2.75, 3.05) is 7.05 Å². The Balaban J connectivity index is 2.31. The van der Waals surface area contributed by atoms with Crippen molar-refractivity contribution in [3.05, 3.63) is 65.5 Å². The van der Waals surface area contributed by atoms with Gasteiger partial charge in [-0.1, -0.05) is 18.2 Å². The average Bonchev–Trinajstić information content (AvgIpc) is 2.49. The average molecular weight is 265 g/mol. The van der Waals surface area contributed by atoms with E-state index in [1.54, 1.807) is 37.6 Å². The van der Waals surface area contributed by atoms with E-state index >= 15 is 0 Å². The second kappa shape index (κ2) is 5.98. The third-order valence-electron chi connectivity index (χ3n) is 3.23. The predicted molar refractivity (Wildman–Crippen MR) is 75.9 cm³/mol. The fourth-order valence-corrected chi connectivity index (χ4v) is 2.05. The number of nitriles is 1. The van der Waals surface area contributed by atoms with Crippen molar-refractivity contribution in [2.45, 2.75) is 13.0 Å². The summed E-state index contributed by atoms with van der Waals surface area (Å²) >= 11 is 0. The Morgan fingerprint density at radius 2 is 1.90 bits per heavy atom. The molecule has 1 heterocycles. The maximum Gasteiger partial charge on any atom is 0.255 e. The largest absolute Gasteiger partial charge is 0.322 e. The summed E-state index contributed by atoms with van der Waals surface area (Å²) in [6.07, 6.45) is 3.23. The minimum absolute atomic E-state index is 0.161. The lowest BCUT2D eigenvalue weighted by molar-refractivity contribution is 0.0762. The Morgan fingerprint density at radius 3 is 2.50 bits per heavy atom. The van der Waals surface area contributed by atoms with Crippen LogP contribution in [0.15, 0.2) is 48.8 Å². The lowest BCUT2D eigenvalue weighted by Crippen LogP contribution is -2.31. The summed E-state index contributed by atoms with van der Waals surface area (Å²) in [7, 11) is 1.64. The number of rotatable bonds is 3. The lowest BCUT2D eigenvalue weighted by atomic mass is 10.0. The Kier molecular flexibility index (Phi) is 4.11. The number of amides is 1. The molecule has 2 rings (SSSR count). The van der Waals surface area contributed by atoms with E-state index in [1.807, 2.05) is 25.1 Å². The Bertz CT molecular complexity index is 646. The van der Waals surface area contributed by atoms with Crippen LogP contribution in [0.3, 0.4) is 0 Å². The second-order valence-electron chi connectivity index (χ2n) is 4.54. The van der Waals surface area contributed by atoms with Crippen molar-refractivity contribution in [1.82, 2.24) is 9.88 Å². The highest BCUT2D eigenvalue weighted by Crippen LogP contribution is 2.21. The summed E-state index contributed by atoms with van der Waals surface area (Å²) in [5.41, 5.74) is 2.27. The maximum absolute atomic E-state index is 12.5. The summed E-state index contributed by atoms with van der Waals surface area (Å²) in [5.74, 6) is -0.161. The first-order valence-corrected chi connectivity index (χ1v) is 6.27. The van der Waals surface area contributed by atoms with Crippen molar-refractivity contribution >= 4 is 5.91 Å². The molecular formula is C16H15N3O. The van der Waals surface area contributed by atoms with E-state index in [9.17, 15) is 10.1 Å². The van der Waals surface area contributed by atoms with Crippen LogP contribution < -0.4 is 0 Å². The molecule has 0 N–H and O–H groups in total. The highest BCUT2D eigenvalue weighted by molar-refractivity contribution is 5.95. The number of aromatic nitrogens is 1. The molecule has 4 nitrogen and oxygen atoms in total. The SMILES string of the molecule is Cc1ccccc1C(=O)N(C)C(C#N)c1ccncc1. The number of aryl methyl sites for hydroxylation is 1. The van der Waals surface area contributed by atoms with Gasteiger partial charge >= 0.3 is 0 Å². The molecule has 0 radical (unpaired) electrons. The van der Waals surface area contributed by atoms with Crippen LogP contribution in [0.25, 0.3) is 0 Å². The highest BCUT2D eigenvalue weighted by atomic mass is 16.2. The maximum atomic E-state index is 12.5. The Labute approximate surface area is 118 Å². The summed E-state index contributed by atoms with van der Waals surface area (Å²) in [6, 6.07) is 12.4. The van der Waals surface area contributed by atoms with Crippen LogP contribution in [0.1, 0.15) is 27.5 Å². The first kappa shape index (κ1) is 13.8. The minimum atomic E-state index is -0.620. The van der Waals surface area contributed by atoms with Gasteiger partial charge in [0.1, 0.15) is 6.04 Å². The third kappa shape index (κ3) is 2.67. The zero-order valence-electron chi connectivity index (χ0n) is 11.4. The van der Waals surface area contributed by atoms with Gasteiger partial charge in [-0.3, -0.25) is 9.78 Å². The van der Waals surface area contributed by atoms with Crippen LogP contribution in [-0.2, 0) is 0 Å². The quantitative estimate of drug-likeness (QED) is 0.857. The van der Waals surface area contributed by atoms with Crippen molar-refractivity contribution in [2.24, 2.45) is 0 Å². The van der Waals surface area contributed by atoms with Gasteiger partial charge in [0.25, 0.3) is 5.91 Å². The van der Waals surface area contributed by atoms with Gasteiger partial charge in [0.15, 0.2) is 0 Å². The van der Waals surface area contributed by atoms with Crippen LogP contribution in [-0.4, -0.2) is 22.8 Å². The molecule has 1 aromatic carbocycles. The summed E-state index contributed by atoms with van der Waals surface area (Å²) in [6.45, 7) is 1.88. The first-order valence-electron chi connectivity index (χ1n) is 6.27. The van der Waals surface area contributed by atoms with Crippen molar-refractivity contribution < 1.29 is 4.79 Å². The molecule has 1 aromatic heterocycles. The topological polar surface area (TPSA) is 57.0 Å². The standard InChI is InChI=1S/C16H15N3O/c1-12-5-3-4-6-14(12)16(20)19(2)15(11-17)13-7-9-18-10-8-13/h3-10,15H,1-2H3. The minimum Gasteiger partial charge on any atom is -0.322 e. The molecular weight excluding hydrogens is 250 g/mol. The molecule has 100 valence electrons. The third-order valence-corrected chi connectivity index (χ3v) is 3.23. The van der Waals surface area contributed by atoms with E-state index in [0.29, 0.717) is 5.56 Å². The molecule has 1 unspecified atom stereocenters. The van der Waals surface area contributed by atoms with Gasteiger partial charge in [-0.25, -0.2) is 0 Å². The Morgan fingerprint density at radius 1 is 1.25 bits per heavy atom. The molecule has 0 bridgehead atoms. The van der Waals surface area contributed by atoms with Crippen LogP contribution >= 0.6 is 0 Å². The van der Waals surface area contributed by atoms with E-state index in [0.717, 1.165) is 11.1 Å². The molecule has 1 atom stereocenters. The van der Waals surface area contributed by atoms with Crippen molar-refractivity contribution in [1.29, 1.82) is 5.26 Å². The van der Waals surface area contributed by atoms with Gasteiger partial charge in [0.2, 0.25) is 0 Å². The number of carbonyl (C=O) groups excluding carboxylic acids is 1. The van der Waals surface area contributed by atoms with Gasteiger partial charge < -0.3 is 4.90 Å². The molecule has 0 aliphatic carbocycles. The number of carbonyl (C=O) groups is 1. The zero-order valence-corrected chi connectivity index (χ0v) is 11.4. The van der Waals surface area contributed by atoms with E-state index in [2.05, 4.69) is 11.1 Å². The van der Waals surface area contributed by atoms with Crippen LogP contribution in [0.2, 0.25) is 0 Å². The normalized spacial score (nSPS) is 11.4. The number of nitrogens with zero attached hydrogens (tertiary/aromatic N) is 3. The van der Waals surface area contributed by atoms with Gasteiger partial charge in [-0.2, -0.15) is 5.26 Å². The van der Waals surface area contributed by atoms with Gasteiger partial charge in [-0.05, 0) is 36.2 Å². The predicted octanol–water partition coefficient (Wildman–Crippen LogP) is 2.73. The van der Waals surface area contributed by atoms with Gasteiger partial charge in [0, 0.05) is 25.0 Å². The molecule has 1 amide bonds. The van der Waals surface area contributed by atoms with Crippen LogP contribution in [0.4, 0.5) is 0 Å². The van der Waals surface area contributed by atoms with Gasteiger partial charge in [0.05, 0.1) is 6.07 Å². The van der Waals surface area contributed by atoms with Crippen molar-refractivity contribution in [3.63, 3.8) is 0 Å². The van der Waals surface area contributed by atoms with E-state index in [1.165, 1.54) is 4.90 Å². The molecule has 0 saturated carbocycles. The first-order chi connectivity index (χ1) is 9.65. The number of hydrogen-bond acceptors (Lipinski definition) is 3. The molecule has 0 spiro atoms.